The fourth-order valence-corrected chi connectivity index (χ4v) is 17.1. The molecule has 4 heterocycles. The molecular weight excluding hydrogens is 1310 g/mol. The van der Waals surface area contributed by atoms with Crippen LogP contribution in [0.4, 0.5) is 0 Å². The van der Waals surface area contributed by atoms with E-state index >= 15 is 0 Å². The summed E-state index contributed by atoms with van der Waals surface area (Å²) in [4.78, 5) is 0. The van der Waals surface area contributed by atoms with Crippen molar-refractivity contribution in [2.24, 2.45) is 0 Å². The molecule has 0 spiro atoms. The van der Waals surface area contributed by atoms with Gasteiger partial charge < -0.3 is 18.3 Å². The van der Waals surface area contributed by atoms with Crippen molar-refractivity contribution in [3.63, 3.8) is 0 Å². The highest BCUT2D eigenvalue weighted by Gasteiger charge is 2.24. The van der Waals surface area contributed by atoms with Gasteiger partial charge in [-0.2, -0.15) is 0 Å². The fraction of sp³-hybridized carbons (Fsp3) is 0. The smallest absolute Gasteiger partial charge is 0.0549 e. The molecule has 0 saturated carbocycles. The van der Waals surface area contributed by atoms with E-state index < -0.39 is 0 Å². The van der Waals surface area contributed by atoms with Crippen molar-refractivity contribution in [3.8, 4) is 89.5 Å². The summed E-state index contributed by atoms with van der Waals surface area (Å²) in [7, 11) is 0. The molecule has 0 aliphatic rings. The Morgan fingerprint density at radius 3 is 0.852 bits per heavy atom. The van der Waals surface area contributed by atoms with Crippen molar-refractivity contribution in [1.82, 2.24) is 18.3 Å². The average molecular weight is 1370 g/mol. The lowest BCUT2D eigenvalue weighted by Crippen LogP contribution is -1.97. The topological polar surface area (TPSA) is 19.7 Å². The van der Waals surface area contributed by atoms with Gasteiger partial charge in [-0.05, 0) is 192 Å². The molecular formula is C104H68N4. The number of para-hydroxylation sites is 4. The predicted octanol–water partition coefficient (Wildman–Crippen LogP) is 28.1. The minimum atomic E-state index is 1.15. The van der Waals surface area contributed by atoms with Crippen LogP contribution in [0.2, 0.25) is 0 Å². The van der Waals surface area contributed by atoms with Crippen molar-refractivity contribution in [1.29, 1.82) is 0 Å². The lowest BCUT2D eigenvalue weighted by molar-refractivity contribution is 1.17. The van der Waals surface area contributed by atoms with E-state index in [0.717, 1.165) is 17.1 Å². The van der Waals surface area contributed by atoms with Gasteiger partial charge in [0.25, 0.3) is 0 Å². The summed E-state index contributed by atoms with van der Waals surface area (Å²) < 4.78 is 9.85. The zero-order valence-corrected chi connectivity index (χ0v) is 59.0. The van der Waals surface area contributed by atoms with E-state index in [0.29, 0.717) is 0 Å². The second kappa shape index (κ2) is 25.8. The van der Waals surface area contributed by atoms with Crippen molar-refractivity contribution in [3.05, 3.63) is 413 Å². The summed E-state index contributed by atoms with van der Waals surface area (Å²) in [5.74, 6) is 0. The quantitative estimate of drug-likeness (QED) is 0.130. The molecule has 18 aromatic carbocycles. The van der Waals surface area contributed by atoms with Crippen LogP contribution in [0.25, 0.3) is 198 Å². The van der Waals surface area contributed by atoms with Crippen LogP contribution in [0, 0.1) is 0 Å². The van der Waals surface area contributed by atoms with Gasteiger partial charge in [0.1, 0.15) is 0 Å². The van der Waals surface area contributed by atoms with Crippen LogP contribution in [0.3, 0.4) is 0 Å². The summed E-state index contributed by atoms with van der Waals surface area (Å²) in [6.07, 6.45) is 0. The summed E-state index contributed by atoms with van der Waals surface area (Å²) in [5.41, 5.74) is 28.7. The largest absolute Gasteiger partial charge is 0.309 e. The maximum absolute atomic E-state index is 2.48. The number of hydrogen-bond acceptors (Lipinski definition) is 0. The first-order chi connectivity index (χ1) is 53.6. The SMILES string of the molecule is c1ccc(-c2cc(-c3ccccc3)cc(-n3c4ccccc4c4cc5c(cc43)c3ccccc3n5-c3ccc(-c4ccc5ccccc5c4)cc3)c2)cc1.c1ccc(-c2cc(-c3ccccc3)cc(-n3c4ccccc4c4cc5c(cc43)c3ccccc3n5-c3ccc(-c4ccccc4)c4ccccc34)c2)cc1. The predicted molar refractivity (Wildman–Crippen MR) is 458 cm³/mol. The molecule has 22 rings (SSSR count). The van der Waals surface area contributed by atoms with Crippen molar-refractivity contribution in [2.75, 3.05) is 0 Å². The molecule has 4 heteroatoms. The summed E-state index contributed by atoms with van der Waals surface area (Å²) >= 11 is 0. The standard InChI is InChI=1S/2C52H34N2/c1-4-16-35(17-5-1)38-30-39(36-18-6-2-7-19-36)32-40(31-38)53-48-26-14-12-24-44(48)46-34-52-47(33-51(46)53)45-25-13-15-27-49(45)54(52)50-29-28-41(37-20-8-3-9-21-37)42-22-10-11-23-43(42)50;1-3-13-35(14-4-1)41-30-42(36-15-5-2-6-16-36)32-44(31-41)54-50-22-12-10-20-46(50)48-33-51-47(34-52(48)54)45-19-9-11-21-49(45)53(51)43-27-25-38(26-28-43)40-24-23-37-17-7-8-18-39(37)29-40/h2*1-34H. The molecule has 0 atom stereocenters. The Morgan fingerprint density at radius 1 is 0.130 bits per heavy atom. The third kappa shape index (κ3) is 10.5. The Hall–Kier alpha value is -14.3. The minimum Gasteiger partial charge on any atom is -0.309 e. The van der Waals surface area contributed by atoms with Crippen LogP contribution in [-0.2, 0) is 0 Å². The van der Waals surface area contributed by atoms with Gasteiger partial charge in [-0.25, -0.2) is 0 Å². The molecule has 4 nitrogen and oxygen atoms in total. The van der Waals surface area contributed by atoms with Crippen LogP contribution in [0.15, 0.2) is 413 Å². The van der Waals surface area contributed by atoms with Crippen LogP contribution >= 0.6 is 0 Å². The second-order valence-corrected chi connectivity index (χ2v) is 28.3. The zero-order chi connectivity index (χ0) is 71.2. The van der Waals surface area contributed by atoms with Crippen LogP contribution < -0.4 is 0 Å². The first-order valence-corrected chi connectivity index (χ1v) is 37.2. The summed E-state index contributed by atoms with van der Waals surface area (Å²) in [6, 6.07) is 151. The van der Waals surface area contributed by atoms with E-state index in [1.54, 1.807) is 0 Å². The average Bonchev–Trinajstić information content (AvgIpc) is 1.56. The van der Waals surface area contributed by atoms with Crippen LogP contribution in [0.5, 0.6) is 0 Å². The Kier molecular flexibility index (Phi) is 14.9. The maximum atomic E-state index is 2.48. The Balaban J connectivity index is 0.000000138. The minimum absolute atomic E-state index is 1.15. The molecule has 0 radical (unpaired) electrons. The fourth-order valence-electron chi connectivity index (χ4n) is 17.1. The molecule has 0 bridgehead atoms. The number of aromatic nitrogens is 4. The third-order valence-corrected chi connectivity index (χ3v) is 22.1. The number of rotatable bonds is 10. The molecule has 0 N–H and O–H groups in total. The maximum Gasteiger partial charge on any atom is 0.0549 e. The molecule has 108 heavy (non-hydrogen) atoms. The molecule has 0 aliphatic heterocycles. The van der Waals surface area contributed by atoms with Crippen LogP contribution in [-0.4, -0.2) is 18.3 Å². The van der Waals surface area contributed by atoms with Gasteiger partial charge in [0, 0.05) is 65.5 Å². The molecule has 4 aromatic heterocycles. The van der Waals surface area contributed by atoms with E-state index in [1.807, 2.05) is 0 Å². The van der Waals surface area contributed by atoms with Crippen molar-refractivity contribution < 1.29 is 0 Å². The highest BCUT2D eigenvalue weighted by molar-refractivity contribution is 6.21. The van der Waals surface area contributed by atoms with Gasteiger partial charge in [-0.1, -0.05) is 303 Å². The van der Waals surface area contributed by atoms with Crippen molar-refractivity contribution >= 4 is 109 Å². The van der Waals surface area contributed by atoms with Gasteiger partial charge in [0.2, 0.25) is 0 Å². The number of benzene rings is 18. The first kappa shape index (κ1) is 62.3. The lowest BCUT2D eigenvalue weighted by atomic mass is 9.97. The third-order valence-electron chi connectivity index (χ3n) is 22.1. The Morgan fingerprint density at radius 2 is 0.435 bits per heavy atom. The number of nitrogens with zero attached hydrogens (tertiary/aromatic N) is 4. The Labute approximate surface area is 625 Å². The molecule has 0 saturated heterocycles. The van der Waals surface area contributed by atoms with Gasteiger partial charge in [0.15, 0.2) is 0 Å². The number of hydrogen-bond donors (Lipinski definition) is 0. The highest BCUT2D eigenvalue weighted by Crippen LogP contribution is 2.46. The van der Waals surface area contributed by atoms with E-state index in [2.05, 4.69) is 431 Å². The van der Waals surface area contributed by atoms with Gasteiger partial charge in [-0.3, -0.25) is 0 Å². The highest BCUT2D eigenvalue weighted by atomic mass is 15.0. The molecule has 0 unspecified atom stereocenters. The molecule has 22 aromatic rings. The van der Waals surface area contributed by atoms with E-state index in [9.17, 15) is 0 Å². The Bertz CT molecular complexity index is 7130. The lowest BCUT2D eigenvalue weighted by Gasteiger charge is -2.15. The molecule has 0 amide bonds. The van der Waals surface area contributed by atoms with E-state index in [-0.39, 0.29) is 0 Å². The molecule has 504 valence electrons. The van der Waals surface area contributed by atoms with Gasteiger partial charge in [0.05, 0.1) is 49.8 Å². The summed E-state index contributed by atoms with van der Waals surface area (Å²) in [6.45, 7) is 0. The molecule has 0 fully saturated rings. The van der Waals surface area contributed by atoms with Crippen LogP contribution in [0.1, 0.15) is 0 Å². The zero-order valence-electron chi connectivity index (χ0n) is 59.0. The first-order valence-electron chi connectivity index (χ1n) is 37.2. The number of fused-ring (bicyclic) bond motifs is 14. The normalized spacial score (nSPS) is 11.7. The van der Waals surface area contributed by atoms with Gasteiger partial charge in [-0.15, -0.1) is 0 Å². The molecule has 0 aliphatic carbocycles. The van der Waals surface area contributed by atoms with Gasteiger partial charge >= 0.3 is 0 Å². The summed E-state index contributed by atoms with van der Waals surface area (Å²) in [5, 5.41) is 14.9. The van der Waals surface area contributed by atoms with E-state index in [4.69, 9.17) is 0 Å². The second-order valence-electron chi connectivity index (χ2n) is 28.3. The van der Waals surface area contributed by atoms with Crippen molar-refractivity contribution in [2.45, 2.75) is 0 Å². The monoisotopic (exact) mass is 1370 g/mol. The van der Waals surface area contributed by atoms with E-state index in [1.165, 1.54) is 181 Å².